The molecule has 1 rings (SSSR count). The molecule has 0 saturated carbocycles. The average Bonchev–Trinajstić information content (AvgIpc) is 2.45. The number of rotatable bonds is 6. The molecule has 1 atom stereocenters. The number of carboxylic acids is 2. The molecule has 0 aromatic heterocycles. The van der Waals surface area contributed by atoms with Crippen LogP contribution in [0.25, 0.3) is 0 Å². The van der Waals surface area contributed by atoms with Crippen LogP contribution in [0, 0.1) is 13.8 Å². The molecule has 0 aliphatic carbocycles. The van der Waals surface area contributed by atoms with Crippen molar-refractivity contribution < 1.29 is 24.5 Å². The minimum absolute atomic E-state index is 0.383. The molecule has 0 aliphatic heterocycles. The van der Waals surface area contributed by atoms with E-state index >= 15 is 0 Å². The molecule has 0 heterocycles. The molecule has 1 aromatic carbocycles. The van der Waals surface area contributed by atoms with Gasteiger partial charge in [0.05, 0.1) is 0 Å². The maximum Gasteiger partial charge on any atom is 0.328 e. The Hall–Kier alpha value is -2.34. The highest BCUT2D eigenvalue weighted by Crippen LogP contribution is 2.22. The molecule has 22 heavy (non-hydrogen) atoms. The first kappa shape index (κ1) is 19.7. The number of likely N-dealkylation sites (N-methyl/N-ethyl adjacent to an activating group) is 1. The van der Waals surface area contributed by atoms with Crippen LogP contribution in [-0.2, 0) is 9.59 Å². The normalized spacial score (nSPS) is 11.5. The third-order valence-corrected chi connectivity index (χ3v) is 2.75. The molecule has 122 valence electrons. The number of carboxylic acid groups (broad SMARTS) is 2. The van der Waals surface area contributed by atoms with Gasteiger partial charge < -0.3 is 20.3 Å². The number of carbonyl (C=O) groups is 2. The van der Waals surface area contributed by atoms with Gasteiger partial charge in [0.1, 0.15) is 12.4 Å². The Morgan fingerprint density at radius 1 is 1.18 bits per heavy atom. The lowest BCUT2D eigenvalue weighted by Crippen LogP contribution is -2.28. The van der Waals surface area contributed by atoms with E-state index in [9.17, 15) is 9.59 Å². The van der Waals surface area contributed by atoms with Crippen molar-refractivity contribution in [3.63, 3.8) is 0 Å². The number of ether oxygens (including phenoxy) is 1. The Kier molecular flexibility index (Phi) is 9.29. The van der Waals surface area contributed by atoms with Gasteiger partial charge in [-0.3, -0.25) is 0 Å². The minimum Gasteiger partial charge on any atom is -0.491 e. The molecule has 0 amide bonds. The van der Waals surface area contributed by atoms with E-state index in [1.807, 2.05) is 7.05 Å². The predicted molar refractivity (Wildman–Crippen MR) is 84.3 cm³/mol. The molecule has 6 heteroatoms. The fourth-order valence-corrected chi connectivity index (χ4v) is 1.46. The lowest BCUT2D eigenvalue weighted by Gasteiger charge is -2.15. The summed E-state index contributed by atoms with van der Waals surface area (Å²) in [6, 6.07) is 6.59. The van der Waals surface area contributed by atoms with Gasteiger partial charge in [-0.25, -0.2) is 9.59 Å². The fraction of sp³-hybridized carbons (Fsp3) is 0.375. The lowest BCUT2D eigenvalue weighted by atomic mass is 10.1. The number of para-hydroxylation sites is 1. The van der Waals surface area contributed by atoms with Crippen LogP contribution in [0.4, 0.5) is 0 Å². The van der Waals surface area contributed by atoms with Crippen molar-refractivity contribution in [1.82, 2.24) is 5.32 Å². The molecule has 0 spiro atoms. The SMILES string of the molecule is CNC(C)COc1c(C)cccc1C.O=C(O)/C=C\C(=O)O. The molecule has 0 radical (unpaired) electrons. The standard InChI is InChI=1S/C12H19NO.C4H4O4/c1-9-6-5-7-10(2)12(9)14-8-11(3)13-4;5-3(6)1-2-4(7)8/h5-7,11,13H,8H2,1-4H3;1-2H,(H,5,6)(H,7,8)/b;2-1-. The third-order valence-electron chi connectivity index (χ3n) is 2.75. The van der Waals surface area contributed by atoms with E-state index < -0.39 is 11.9 Å². The Bertz CT molecular complexity index is 489. The first-order valence-electron chi connectivity index (χ1n) is 6.78. The maximum atomic E-state index is 9.55. The first-order valence-corrected chi connectivity index (χ1v) is 6.78. The van der Waals surface area contributed by atoms with Crippen molar-refractivity contribution >= 4 is 11.9 Å². The molecule has 0 bridgehead atoms. The quantitative estimate of drug-likeness (QED) is 0.696. The van der Waals surface area contributed by atoms with Crippen LogP contribution in [0.3, 0.4) is 0 Å². The summed E-state index contributed by atoms with van der Waals surface area (Å²) in [5, 5.41) is 18.8. The summed E-state index contributed by atoms with van der Waals surface area (Å²) < 4.78 is 5.76. The van der Waals surface area contributed by atoms with Crippen molar-refractivity contribution in [1.29, 1.82) is 0 Å². The highest BCUT2D eigenvalue weighted by Gasteiger charge is 2.04. The number of aryl methyl sites for hydroxylation is 2. The van der Waals surface area contributed by atoms with Crippen molar-refractivity contribution in [2.75, 3.05) is 13.7 Å². The van der Waals surface area contributed by atoms with Gasteiger partial charge in [0, 0.05) is 18.2 Å². The number of hydrogen-bond acceptors (Lipinski definition) is 4. The van der Waals surface area contributed by atoms with Crippen molar-refractivity contribution in [3.05, 3.63) is 41.5 Å². The van der Waals surface area contributed by atoms with Crippen LogP contribution < -0.4 is 10.1 Å². The van der Waals surface area contributed by atoms with Gasteiger partial charge in [0.15, 0.2) is 0 Å². The smallest absolute Gasteiger partial charge is 0.328 e. The van der Waals surface area contributed by atoms with E-state index in [1.165, 1.54) is 11.1 Å². The third kappa shape index (κ3) is 8.76. The zero-order valence-electron chi connectivity index (χ0n) is 13.3. The van der Waals surface area contributed by atoms with Gasteiger partial charge in [-0.1, -0.05) is 18.2 Å². The largest absolute Gasteiger partial charge is 0.491 e. The maximum absolute atomic E-state index is 9.55. The Morgan fingerprint density at radius 2 is 1.64 bits per heavy atom. The summed E-state index contributed by atoms with van der Waals surface area (Å²) in [4.78, 5) is 19.1. The molecule has 3 N–H and O–H groups in total. The molecular weight excluding hydrogens is 286 g/mol. The van der Waals surface area contributed by atoms with E-state index in [0.29, 0.717) is 24.8 Å². The minimum atomic E-state index is -1.26. The molecule has 1 aromatic rings. The van der Waals surface area contributed by atoms with Gasteiger partial charge >= 0.3 is 11.9 Å². The molecule has 1 unspecified atom stereocenters. The Balaban J connectivity index is 0.000000472. The molecule has 0 aliphatic rings. The van der Waals surface area contributed by atoms with Crippen molar-refractivity contribution in [2.24, 2.45) is 0 Å². The molecule has 6 nitrogen and oxygen atoms in total. The Morgan fingerprint density at radius 3 is 2.00 bits per heavy atom. The summed E-state index contributed by atoms with van der Waals surface area (Å²) in [5.74, 6) is -1.49. The van der Waals surface area contributed by atoms with Crippen LogP contribution in [0.2, 0.25) is 0 Å². The van der Waals surface area contributed by atoms with Gasteiger partial charge in [-0.15, -0.1) is 0 Å². The molecule has 0 fully saturated rings. The number of benzene rings is 1. The van der Waals surface area contributed by atoms with Gasteiger partial charge in [-0.2, -0.15) is 0 Å². The lowest BCUT2D eigenvalue weighted by molar-refractivity contribution is -0.134. The highest BCUT2D eigenvalue weighted by molar-refractivity contribution is 5.89. The van der Waals surface area contributed by atoms with Crippen LogP contribution in [0.1, 0.15) is 18.1 Å². The van der Waals surface area contributed by atoms with Gasteiger partial charge in [0.25, 0.3) is 0 Å². The van der Waals surface area contributed by atoms with Crippen molar-refractivity contribution in [3.8, 4) is 5.75 Å². The summed E-state index contributed by atoms with van der Waals surface area (Å²) in [6.45, 7) is 6.97. The second kappa shape index (κ2) is 10.4. The number of hydrogen-bond donors (Lipinski definition) is 3. The number of aliphatic carboxylic acids is 2. The molecule has 0 saturated heterocycles. The zero-order valence-corrected chi connectivity index (χ0v) is 13.3. The van der Waals surface area contributed by atoms with E-state index in [-0.39, 0.29) is 0 Å². The second-order valence-electron chi connectivity index (χ2n) is 4.73. The summed E-state index contributed by atoms with van der Waals surface area (Å²) in [7, 11) is 1.94. The average molecular weight is 309 g/mol. The topological polar surface area (TPSA) is 95.9 Å². The van der Waals surface area contributed by atoms with Crippen LogP contribution >= 0.6 is 0 Å². The predicted octanol–water partition coefficient (Wildman–Crippen LogP) is 2.00. The highest BCUT2D eigenvalue weighted by atomic mass is 16.5. The van der Waals surface area contributed by atoms with E-state index in [0.717, 1.165) is 5.75 Å². The monoisotopic (exact) mass is 309 g/mol. The number of nitrogens with one attached hydrogen (secondary N) is 1. The summed E-state index contributed by atoms with van der Waals surface area (Å²) in [5.41, 5.74) is 2.40. The summed E-state index contributed by atoms with van der Waals surface area (Å²) >= 11 is 0. The van der Waals surface area contributed by atoms with E-state index in [1.54, 1.807) is 0 Å². The zero-order chi connectivity index (χ0) is 17.1. The second-order valence-corrected chi connectivity index (χ2v) is 4.73. The molecular formula is C16H23NO5. The van der Waals surface area contributed by atoms with Crippen molar-refractivity contribution in [2.45, 2.75) is 26.8 Å². The Labute approximate surface area is 130 Å². The summed E-state index contributed by atoms with van der Waals surface area (Å²) in [6.07, 6.45) is 1.12. The van der Waals surface area contributed by atoms with Crippen LogP contribution in [0.5, 0.6) is 5.75 Å². The van der Waals surface area contributed by atoms with Gasteiger partial charge in [0.2, 0.25) is 0 Å². The first-order chi connectivity index (χ1) is 10.3. The van der Waals surface area contributed by atoms with Crippen LogP contribution in [0.15, 0.2) is 30.4 Å². The van der Waals surface area contributed by atoms with E-state index in [2.05, 4.69) is 44.3 Å². The fourth-order valence-electron chi connectivity index (χ4n) is 1.46. The van der Waals surface area contributed by atoms with E-state index in [4.69, 9.17) is 14.9 Å². The van der Waals surface area contributed by atoms with Crippen LogP contribution in [-0.4, -0.2) is 41.8 Å². The van der Waals surface area contributed by atoms with Gasteiger partial charge in [-0.05, 0) is 38.9 Å².